The van der Waals surface area contributed by atoms with Crippen LogP contribution in [0.2, 0.25) is 0 Å². The van der Waals surface area contributed by atoms with Crippen LogP contribution in [0.4, 0.5) is 0 Å². The largest absolute Gasteiger partial charge is 0.387 e. The smallest absolute Gasteiger partial charge is 0.0916 e. The number of aliphatic hydroxyl groups is 1. The second-order valence-electron chi connectivity index (χ2n) is 6.79. The molecule has 1 unspecified atom stereocenters. The molecule has 0 aromatic heterocycles. The molecule has 1 atom stereocenters. The molecule has 1 aliphatic rings. The van der Waals surface area contributed by atoms with Gasteiger partial charge in [0.25, 0.3) is 0 Å². The van der Waals surface area contributed by atoms with Gasteiger partial charge in [0.05, 0.1) is 6.10 Å². The van der Waals surface area contributed by atoms with Gasteiger partial charge in [0, 0.05) is 13.1 Å². The molecular weight excluding hydrogens is 272 g/mol. The summed E-state index contributed by atoms with van der Waals surface area (Å²) in [6, 6.07) is 10.0. The van der Waals surface area contributed by atoms with Crippen LogP contribution in [0.25, 0.3) is 0 Å². The first-order valence-electron chi connectivity index (χ1n) is 8.83. The highest BCUT2D eigenvalue weighted by Gasteiger charge is 2.22. The summed E-state index contributed by atoms with van der Waals surface area (Å²) in [7, 11) is 2.25. The maximum Gasteiger partial charge on any atom is 0.0916 e. The van der Waals surface area contributed by atoms with Gasteiger partial charge >= 0.3 is 0 Å². The fourth-order valence-corrected chi connectivity index (χ4v) is 3.34. The van der Waals surface area contributed by atoms with Crippen LogP contribution in [0.3, 0.4) is 0 Å². The van der Waals surface area contributed by atoms with Gasteiger partial charge in [0.1, 0.15) is 0 Å². The van der Waals surface area contributed by atoms with Gasteiger partial charge in [-0.25, -0.2) is 0 Å². The first-order chi connectivity index (χ1) is 10.7. The molecule has 1 N–H and O–H groups in total. The number of piperidine rings is 1. The van der Waals surface area contributed by atoms with Crippen LogP contribution >= 0.6 is 0 Å². The van der Waals surface area contributed by atoms with Gasteiger partial charge in [-0.15, -0.1) is 0 Å². The van der Waals surface area contributed by atoms with Crippen molar-refractivity contribution in [3.8, 4) is 0 Å². The Kier molecular flexibility index (Phi) is 7.37. The molecule has 22 heavy (non-hydrogen) atoms. The Morgan fingerprint density at radius 3 is 2.55 bits per heavy atom. The summed E-state index contributed by atoms with van der Waals surface area (Å²) in [6.45, 7) is 7.72. The topological polar surface area (TPSA) is 26.7 Å². The Bertz CT molecular complexity index is 401. The molecule has 0 saturated carbocycles. The average Bonchev–Trinajstić information content (AvgIpc) is 2.55. The third-order valence-corrected chi connectivity index (χ3v) is 4.79. The summed E-state index contributed by atoms with van der Waals surface area (Å²) in [5.74, 6) is 0.826. The third kappa shape index (κ3) is 5.71. The van der Waals surface area contributed by atoms with E-state index in [-0.39, 0.29) is 6.10 Å². The Labute approximate surface area is 135 Å². The number of rotatable bonds is 8. The summed E-state index contributed by atoms with van der Waals surface area (Å²) in [6.07, 6.45) is 4.75. The first-order valence-corrected chi connectivity index (χ1v) is 8.83. The van der Waals surface area contributed by atoms with E-state index in [2.05, 4.69) is 23.8 Å². The van der Waals surface area contributed by atoms with Crippen molar-refractivity contribution >= 4 is 0 Å². The molecule has 2 rings (SSSR count). The van der Waals surface area contributed by atoms with Gasteiger partial charge in [-0.2, -0.15) is 0 Å². The average molecular weight is 304 g/mol. The lowest BCUT2D eigenvalue weighted by atomic mass is 9.95. The fourth-order valence-electron chi connectivity index (χ4n) is 3.34. The van der Waals surface area contributed by atoms with Crippen molar-refractivity contribution in [1.82, 2.24) is 9.80 Å². The van der Waals surface area contributed by atoms with Crippen LogP contribution in [-0.2, 0) is 0 Å². The lowest BCUT2D eigenvalue weighted by Gasteiger charge is -2.34. The number of nitrogens with zero attached hydrogens (tertiary/aromatic N) is 2. The van der Waals surface area contributed by atoms with Crippen molar-refractivity contribution in [2.24, 2.45) is 5.92 Å². The minimum atomic E-state index is -0.357. The van der Waals surface area contributed by atoms with E-state index in [4.69, 9.17) is 0 Å². The molecule has 1 aliphatic heterocycles. The molecule has 1 saturated heterocycles. The van der Waals surface area contributed by atoms with E-state index < -0.39 is 0 Å². The predicted octanol–water partition coefficient (Wildman–Crippen LogP) is 3.16. The lowest BCUT2D eigenvalue weighted by molar-refractivity contribution is 0.0830. The van der Waals surface area contributed by atoms with E-state index in [9.17, 15) is 5.11 Å². The molecule has 0 spiro atoms. The SMILES string of the molecule is CCCCN(C)CC1CCN(CC(O)c2ccccc2)CC1. The minimum Gasteiger partial charge on any atom is -0.387 e. The Balaban J connectivity index is 1.69. The van der Waals surface area contributed by atoms with E-state index >= 15 is 0 Å². The summed E-state index contributed by atoms with van der Waals surface area (Å²) in [5.41, 5.74) is 1.03. The zero-order chi connectivity index (χ0) is 15.8. The van der Waals surface area contributed by atoms with Crippen LogP contribution in [0, 0.1) is 5.92 Å². The molecule has 1 fully saturated rings. The molecular formula is C19H32N2O. The zero-order valence-electron chi connectivity index (χ0n) is 14.2. The quantitative estimate of drug-likeness (QED) is 0.799. The number of likely N-dealkylation sites (tertiary alicyclic amines) is 1. The Morgan fingerprint density at radius 2 is 1.91 bits per heavy atom. The maximum absolute atomic E-state index is 10.3. The van der Waals surface area contributed by atoms with E-state index in [1.54, 1.807) is 0 Å². The highest BCUT2D eigenvalue weighted by Crippen LogP contribution is 2.21. The minimum absolute atomic E-state index is 0.357. The molecule has 0 amide bonds. The molecule has 0 radical (unpaired) electrons. The highest BCUT2D eigenvalue weighted by atomic mass is 16.3. The molecule has 1 aromatic rings. The zero-order valence-corrected chi connectivity index (χ0v) is 14.2. The fraction of sp³-hybridized carbons (Fsp3) is 0.684. The molecule has 1 heterocycles. The van der Waals surface area contributed by atoms with Gasteiger partial charge in [0.15, 0.2) is 0 Å². The molecule has 0 aliphatic carbocycles. The van der Waals surface area contributed by atoms with Crippen molar-refractivity contribution in [1.29, 1.82) is 0 Å². The number of unbranched alkanes of at least 4 members (excludes halogenated alkanes) is 1. The van der Waals surface area contributed by atoms with Crippen LogP contribution in [0.1, 0.15) is 44.3 Å². The van der Waals surface area contributed by atoms with Crippen LogP contribution in [0.15, 0.2) is 30.3 Å². The third-order valence-electron chi connectivity index (χ3n) is 4.79. The van der Waals surface area contributed by atoms with Crippen molar-refractivity contribution in [3.05, 3.63) is 35.9 Å². The van der Waals surface area contributed by atoms with Crippen molar-refractivity contribution in [2.75, 3.05) is 39.8 Å². The summed E-state index contributed by atoms with van der Waals surface area (Å²) >= 11 is 0. The van der Waals surface area contributed by atoms with Crippen LogP contribution in [0.5, 0.6) is 0 Å². The summed E-state index contributed by atoms with van der Waals surface area (Å²) in [5, 5.41) is 10.3. The van der Waals surface area contributed by atoms with Crippen LogP contribution < -0.4 is 0 Å². The normalized spacial score (nSPS) is 18.7. The standard InChI is InChI=1S/C19H32N2O/c1-3-4-12-20(2)15-17-10-13-21(14-11-17)16-19(22)18-8-6-5-7-9-18/h5-9,17,19,22H,3-4,10-16H2,1-2H3. The maximum atomic E-state index is 10.3. The van der Waals surface area contributed by atoms with Crippen molar-refractivity contribution in [2.45, 2.75) is 38.7 Å². The monoisotopic (exact) mass is 304 g/mol. The van der Waals surface area contributed by atoms with Gasteiger partial charge < -0.3 is 14.9 Å². The molecule has 0 bridgehead atoms. The second-order valence-corrected chi connectivity index (χ2v) is 6.79. The van der Waals surface area contributed by atoms with Gasteiger partial charge in [0.2, 0.25) is 0 Å². The number of hydrogen-bond donors (Lipinski definition) is 1. The molecule has 3 heteroatoms. The van der Waals surface area contributed by atoms with Gasteiger partial charge in [-0.05, 0) is 57.4 Å². The van der Waals surface area contributed by atoms with E-state index in [0.29, 0.717) is 0 Å². The van der Waals surface area contributed by atoms with Gasteiger partial charge in [-0.1, -0.05) is 43.7 Å². The Morgan fingerprint density at radius 1 is 1.23 bits per heavy atom. The molecule has 3 nitrogen and oxygen atoms in total. The number of aliphatic hydroxyl groups excluding tert-OH is 1. The van der Waals surface area contributed by atoms with Crippen LogP contribution in [-0.4, -0.2) is 54.7 Å². The summed E-state index contributed by atoms with van der Waals surface area (Å²) in [4.78, 5) is 4.91. The van der Waals surface area contributed by atoms with Crippen molar-refractivity contribution in [3.63, 3.8) is 0 Å². The molecule has 124 valence electrons. The number of hydrogen-bond acceptors (Lipinski definition) is 3. The first kappa shape index (κ1) is 17.5. The number of β-amino-alcohol motifs (C(OH)–C–C–N with tert-alkyl or cyclic N) is 1. The molecule has 1 aromatic carbocycles. The Hall–Kier alpha value is -0.900. The number of benzene rings is 1. The van der Waals surface area contributed by atoms with Crippen molar-refractivity contribution < 1.29 is 5.11 Å². The predicted molar refractivity (Wildman–Crippen MR) is 93.0 cm³/mol. The van der Waals surface area contributed by atoms with E-state index in [0.717, 1.165) is 31.1 Å². The van der Waals surface area contributed by atoms with E-state index in [1.807, 2.05) is 30.3 Å². The van der Waals surface area contributed by atoms with Gasteiger partial charge in [-0.3, -0.25) is 0 Å². The highest BCUT2D eigenvalue weighted by molar-refractivity contribution is 5.17. The second kappa shape index (κ2) is 9.29. The lowest BCUT2D eigenvalue weighted by Crippen LogP contribution is -2.39. The van der Waals surface area contributed by atoms with E-state index in [1.165, 1.54) is 38.8 Å². The summed E-state index contributed by atoms with van der Waals surface area (Å²) < 4.78 is 0.